The number of fused-ring (bicyclic) bond motifs is 2. The van der Waals surface area contributed by atoms with Gasteiger partial charge in [-0.15, -0.1) is 0 Å². The number of nitrogens with one attached hydrogen (secondary N) is 2. The minimum atomic E-state index is -0.435. The van der Waals surface area contributed by atoms with E-state index in [0.717, 1.165) is 0 Å². The van der Waals surface area contributed by atoms with E-state index >= 15 is 0 Å². The van der Waals surface area contributed by atoms with Crippen LogP contribution in [-0.2, 0) is 0 Å². The van der Waals surface area contributed by atoms with Crippen LogP contribution >= 0.6 is 15.9 Å². The summed E-state index contributed by atoms with van der Waals surface area (Å²) >= 11 is 3.38. The molecule has 0 saturated carbocycles. The van der Waals surface area contributed by atoms with Gasteiger partial charge in [-0.3, -0.25) is 9.59 Å². The summed E-state index contributed by atoms with van der Waals surface area (Å²) < 4.78 is 5.77. The molecule has 0 bridgehead atoms. The smallest absolute Gasteiger partial charge is 0.336 e. The highest BCUT2D eigenvalue weighted by Crippen LogP contribution is 2.24. The molecule has 0 unspecified atom stereocenters. The van der Waals surface area contributed by atoms with E-state index in [1.165, 1.54) is 12.1 Å². The fourth-order valence-corrected chi connectivity index (χ4v) is 3.24. The molecule has 0 radical (unpaired) electrons. The fraction of sp³-hybridized carbons (Fsp3) is 0. The van der Waals surface area contributed by atoms with E-state index in [1.54, 1.807) is 42.5 Å². The molecule has 2 N–H and O–H groups in total. The quantitative estimate of drug-likeness (QED) is 0.493. The zero-order valence-electron chi connectivity index (χ0n) is 13.2. The SMILES string of the molecule is O=C(Nc1ccc2oc(=O)ccc2c1)c1cc(=O)[nH]c2c(Br)cccc12. The first-order valence-electron chi connectivity index (χ1n) is 7.68. The van der Waals surface area contributed by atoms with Crippen LogP contribution in [0, 0.1) is 0 Å². The minimum Gasteiger partial charge on any atom is -0.423 e. The Morgan fingerprint density at radius 1 is 1.04 bits per heavy atom. The molecular weight excluding hydrogens is 400 g/mol. The number of H-pyrrole nitrogens is 1. The monoisotopic (exact) mass is 410 g/mol. The summed E-state index contributed by atoms with van der Waals surface area (Å²) in [6.07, 6.45) is 0. The number of anilines is 1. The molecule has 2 aromatic carbocycles. The topological polar surface area (TPSA) is 92.2 Å². The molecule has 0 spiro atoms. The van der Waals surface area contributed by atoms with E-state index in [9.17, 15) is 14.4 Å². The van der Waals surface area contributed by atoms with E-state index in [1.807, 2.05) is 0 Å². The zero-order chi connectivity index (χ0) is 18.3. The zero-order valence-corrected chi connectivity index (χ0v) is 14.8. The molecule has 128 valence electrons. The van der Waals surface area contributed by atoms with Gasteiger partial charge in [-0.25, -0.2) is 4.79 Å². The lowest BCUT2D eigenvalue weighted by atomic mass is 10.1. The van der Waals surface area contributed by atoms with Gasteiger partial charge >= 0.3 is 5.63 Å². The first kappa shape index (κ1) is 16.3. The molecule has 0 atom stereocenters. The van der Waals surface area contributed by atoms with E-state index in [0.29, 0.717) is 32.0 Å². The van der Waals surface area contributed by atoms with Crippen molar-refractivity contribution in [1.82, 2.24) is 4.98 Å². The summed E-state index contributed by atoms with van der Waals surface area (Å²) in [5.74, 6) is -0.407. The molecule has 6 nitrogen and oxygen atoms in total. The van der Waals surface area contributed by atoms with Gasteiger partial charge < -0.3 is 14.7 Å². The highest BCUT2D eigenvalue weighted by molar-refractivity contribution is 9.10. The van der Waals surface area contributed by atoms with Crippen molar-refractivity contribution in [3.05, 3.63) is 85.4 Å². The molecule has 0 aliphatic heterocycles. The molecule has 4 aromatic rings. The summed E-state index contributed by atoms with van der Waals surface area (Å²) in [4.78, 5) is 38.6. The second-order valence-electron chi connectivity index (χ2n) is 5.67. The molecule has 2 aromatic heterocycles. The lowest BCUT2D eigenvalue weighted by molar-refractivity contribution is 0.102. The van der Waals surface area contributed by atoms with Crippen LogP contribution in [-0.4, -0.2) is 10.9 Å². The number of halogens is 1. The van der Waals surface area contributed by atoms with Crippen LogP contribution in [0.25, 0.3) is 21.9 Å². The second kappa shape index (κ2) is 6.27. The van der Waals surface area contributed by atoms with Gasteiger partial charge in [0.05, 0.1) is 11.1 Å². The first-order chi connectivity index (χ1) is 12.5. The number of benzene rings is 2. The Morgan fingerprint density at radius 3 is 2.73 bits per heavy atom. The van der Waals surface area contributed by atoms with Gasteiger partial charge in [-0.1, -0.05) is 12.1 Å². The maximum absolute atomic E-state index is 12.7. The van der Waals surface area contributed by atoms with Crippen molar-refractivity contribution in [3.63, 3.8) is 0 Å². The standard InChI is InChI=1S/C19H11BrN2O4/c20-14-3-1-2-12-13(9-16(23)22-18(12)14)19(25)21-11-5-6-15-10(8-11)4-7-17(24)26-15/h1-9H,(H,21,25)(H,22,23). The number of hydrogen-bond donors (Lipinski definition) is 2. The average molecular weight is 411 g/mol. The van der Waals surface area contributed by atoms with Crippen molar-refractivity contribution in [2.24, 2.45) is 0 Å². The molecule has 26 heavy (non-hydrogen) atoms. The number of pyridine rings is 1. The Balaban J connectivity index is 1.76. The van der Waals surface area contributed by atoms with Crippen LogP contribution in [0.2, 0.25) is 0 Å². The molecule has 4 rings (SSSR count). The third-order valence-electron chi connectivity index (χ3n) is 3.95. The van der Waals surface area contributed by atoms with Crippen LogP contribution in [0.15, 0.2) is 73.1 Å². The first-order valence-corrected chi connectivity index (χ1v) is 8.47. The molecule has 2 heterocycles. The Morgan fingerprint density at radius 2 is 1.88 bits per heavy atom. The Kier molecular flexibility index (Phi) is 3.93. The number of carbonyl (C=O) groups is 1. The molecule has 0 aliphatic rings. The number of amides is 1. The highest BCUT2D eigenvalue weighted by atomic mass is 79.9. The molecule has 7 heteroatoms. The van der Waals surface area contributed by atoms with Crippen molar-refractivity contribution >= 4 is 49.4 Å². The van der Waals surface area contributed by atoms with E-state index < -0.39 is 11.5 Å². The summed E-state index contributed by atoms with van der Waals surface area (Å²) in [5, 5.41) is 4.09. The molecule has 0 saturated heterocycles. The van der Waals surface area contributed by atoms with Crippen LogP contribution in [0.4, 0.5) is 5.69 Å². The van der Waals surface area contributed by atoms with Crippen molar-refractivity contribution < 1.29 is 9.21 Å². The molecular formula is C19H11BrN2O4. The normalized spacial score (nSPS) is 11.0. The summed E-state index contributed by atoms with van der Waals surface area (Å²) in [6, 6.07) is 14.5. The average Bonchev–Trinajstić information content (AvgIpc) is 2.62. The van der Waals surface area contributed by atoms with E-state index in [2.05, 4.69) is 26.2 Å². The van der Waals surface area contributed by atoms with Gasteiger partial charge in [0, 0.05) is 33.1 Å². The number of aromatic amines is 1. The number of aromatic nitrogens is 1. The second-order valence-corrected chi connectivity index (χ2v) is 6.53. The Hall–Kier alpha value is -3.19. The van der Waals surface area contributed by atoms with Gasteiger partial charge in [0.25, 0.3) is 5.91 Å². The molecule has 0 fully saturated rings. The molecule has 1 amide bonds. The van der Waals surface area contributed by atoms with Crippen LogP contribution in [0.5, 0.6) is 0 Å². The van der Waals surface area contributed by atoms with Gasteiger partial charge in [-0.2, -0.15) is 0 Å². The summed E-state index contributed by atoms with van der Waals surface area (Å²) in [5.41, 5.74) is 0.987. The van der Waals surface area contributed by atoms with Crippen molar-refractivity contribution in [1.29, 1.82) is 0 Å². The predicted molar refractivity (Wildman–Crippen MR) is 103 cm³/mol. The van der Waals surface area contributed by atoms with E-state index in [4.69, 9.17) is 4.42 Å². The fourth-order valence-electron chi connectivity index (χ4n) is 2.78. The van der Waals surface area contributed by atoms with Gasteiger partial charge in [0.2, 0.25) is 5.56 Å². The third kappa shape index (κ3) is 2.93. The van der Waals surface area contributed by atoms with Crippen LogP contribution in [0.3, 0.4) is 0 Å². The van der Waals surface area contributed by atoms with Crippen molar-refractivity contribution in [2.75, 3.05) is 5.32 Å². The largest absolute Gasteiger partial charge is 0.423 e. The summed E-state index contributed by atoms with van der Waals surface area (Å²) in [6.45, 7) is 0. The van der Waals surface area contributed by atoms with E-state index in [-0.39, 0.29) is 11.1 Å². The predicted octanol–water partition coefficient (Wildman–Crippen LogP) is 3.65. The van der Waals surface area contributed by atoms with Gasteiger partial charge in [0.15, 0.2) is 0 Å². The minimum absolute atomic E-state index is 0.268. The maximum atomic E-state index is 12.7. The lowest BCUT2D eigenvalue weighted by Gasteiger charge is -2.09. The van der Waals surface area contributed by atoms with Crippen molar-refractivity contribution in [3.8, 4) is 0 Å². The number of hydrogen-bond acceptors (Lipinski definition) is 4. The lowest BCUT2D eigenvalue weighted by Crippen LogP contribution is -2.17. The Labute approximate surface area is 154 Å². The number of rotatable bonds is 2. The maximum Gasteiger partial charge on any atom is 0.336 e. The molecule has 0 aliphatic carbocycles. The van der Waals surface area contributed by atoms with Crippen molar-refractivity contribution in [2.45, 2.75) is 0 Å². The summed E-state index contributed by atoms with van der Waals surface area (Å²) in [7, 11) is 0. The van der Waals surface area contributed by atoms with Crippen LogP contribution < -0.4 is 16.5 Å². The van der Waals surface area contributed by atoms with Crippen LogP contribution in [0.1, 0.15) is 10.4 Å². The number of carbonyl (C=O) groups excluding carboxylic acids is 1. The highest BCUT2D eigenvalue weighted by Gasteiger charge is 2.14. The van der Waals surface area contributed by atoms with Gasteiger partial charge in [-0.05, 0) is 46.3 Å². The number of para-hydroxylation sites is 1. The third-order valence-corrected chi connectivity index (χ3v) is 4.61. The van der Waals surface area contributed by atoms with Gasteiger partial charge in [0.1, 0.15) is 5.58 Å². The Bertz CT molecular complexity index is 1290.